The molecule has 1 saturated carbocycles. The molecule has 0 amide bonds. The molecule has 2 aliphatic carbocycles. The Balaban J connectivity index is 2.34. The lowest BCUT2D eigenvalue weighted by Gasteiger charge is -2.48. The van der Waals surface area contributed by atoms with E-state index in [1.807, 2.05) is 13.8 Å². The number of ketones is 1. The van der Waals surface area contributed by atoms with Gasteiger partial charge in [0.15, 0.2) is 17.3 Å². The van der Waals surface area contributed by atoms with Gasteiger partial charge < -0.3 is 19.3 Å². The van der Waals surface area contributed by atoms with Crippen molar-refractivity contribution in [2.24, 2.45) is 11.3 Å². The first-order valence-corrected chi connectivity index (χ1v) is 10.2. The summed E-state index contributed by atoms with van der Waals surface area (Å²) in [6.45, 7) is 8.42. The highest BCUT2D eigenvalue weighted by Gasteiger charge is 2.52. The van der Waals surface area contributed by atoms with E-state index in [2.05, 4.69) is 13.8 Å². The fraction of sp³-hybridized carbons (Fsp3) is 0.696. The lowest BCUT2D eigenvalue weighted by molar-refractivity contribution is -0.0994. The van der Waals surface area contributed by atoms with Crippen molar-refractivity contribution in [3.05, 3.63) is 16.7 Å². The Kier molecular flexibility index (Phi) is 5.43. The molecule has 0 aromatic heterocycles. The second-order valence-corrected chi connectivity index (χ2v) is 9.32. The number of methoxy groups -OCH3 is 3. The van der Waals surface area contributed by atoms with Gasteiger partial charge in [0.2, 0.25) is 0 Å². The lowest BCUT2D eigenvalue weighted by Crippen LogP contribution is -2.50. The average molecular weight is 391 g/mol. The van der Waals surface area contributed by atoms with Crippen LogP contribution in [0.25, 0.3) is 0 Å². The lowest BCUT2D eigenvalue weighted by atomic mass is 9.59. The van der Waals surface area contributed by atoms with E-state index in [1.54, 1.807) is 21.3 Å². The third kappa shape index (κ3) is 3.08. The quantitative estimate of drug-likeness (QED) is 0.819. The molecular weight excluding hydrogens is 356 g/mol. The summed E-state index contributed by atoms with van der Waals surface area (Å²) < 4.78 is 17.3. The molecule has 0 heterocycles. The Morgan fingerprint density at radius 1 is 1.00 bits per heavy atom. The van der Waals surface area contributed by atoms with Crippen LogP contribution in [-0.4, -0.2) is 37.8 Å². The summed E-state index contributed by atoms with van der Waals surface area (Å²) in [7, 11) is 4.79. The van der Waals surface area contributed by atoms with Gasteiger partial charge in [-0.05, 0) is 24.2 Å². The fourth-order valence-corrected chi connectivity index (χ4v) is 5.56. The first-order chi connectivity index (χ1) is 13.1. The van der Waals surface area contributed by atoms with Gasteiger partial charge in [0.05, 0.1) is 32.5 Å². The number of hydrogen-bond donors (Lipinski definition) is 1. The number of rotatable bonds is 4. The van der Waals surface area contributed by atoms with E-state index in [0.717, 1.165) is 18.4 Å². The molecule has 0 bridgehead atoms. The van der Waals surface area contributed by atoms with Crippen molar-refractivity contribution < 1.29 is 24.1 Å². The highest BCUT2D eigenvalue weighted by molar-refractivity contribution is 6.02. The van der Waals surface area contributed by atoms with Gasteiger partial charge in [-0.25, -0.2) is 0 Å². The van der Waals surface area contributed by atoms with E-state index in [1.165, 1.54) is 0 Å². The van der Waals surface area contributed by atoms with Crippen LogP contribution in [-0.2, 0) is 6.42 Å². The number of benzene rings is 1. The first kappa shape index (κ1) is 21.0. The van der Waals surface area contributed by atoms with Crippen LogP contribution in [0.4, 0.5) is 0 Å². The third-order valence-corrected chi connectivity index (χ3v) is 6.86. The van der Waals surface area contributed by atoms with Crippen LogP contribution < -0.4 is 14.2 Å². The predicted octanol–water partition coefficient (Wildman–Crippen LogP) is 4.52. The molecule has 3 rings (SSSR count). The maximum atomic E-state index is 13.5. The molecule has 0 saturated heterocycles. The summed E-state index contributed by atoms with van der Waals surface area (Å²) in [6, 6.07) is 0. The third-order valence-electron chi connectivity index (χ3n) is 6.86. The number of Topliss-reactive ketones (excluding diaryl/α,β-unsaturated/α-hetero) is 1. The Labute approximate surface area is 168 Å². The zero-order valence-corrected chi connectivity index (χ0v) is 18.3. The van der Waals surface area contributed by atoms with Crippen LogP contribution in [0.5, 0.6) is 17.2 Å². The number of carbonyl (C=O) groups excluding carboxylic acids is 1. The molecule has 0 aliphatic heterocycles. The van der Waals surface area contributed by atoms with Crippen LogP contribution in [0.1, 0.15) is 80.8 Å². The summed E-state index contributed by atoms with van der Waals surface area (Å²) in [5, 5.41) is 11.7. The Morgan fingerprint density at radius 3 is 2.14 bits per heavy atom. The molecule has 1 aromatic rings. The van der Waals surface area contributed by atoms with Crippen molar-refractivity contribution >= 4 is 5.78 Å². The fourth-order valence-electron chi connectivity index (χ4n) is 5.56. The summed E-state index contributed by atoms with van der Waals surface area (Å²) in [4.78, 5) is 13.5. The van der Waals surface area contributed by atoms with Crippen molar-refractivity contribution in [2.45, 2.75) is 71.3 Å². The molecule has 5 nitrogen and oxygen atoms in total. The summed E-state index contributed by atoms with van der Waals surface area (Å²) in [5.41, 5.74) is 1.07. The monoisotopic (exact) mass is 390 g/mol. The van der Waals surface area contributed by atoms with Gasteiger partial charge in [0.25, 0.3) is 0 Å². The molecule has 0 unspecified atom stereocenters. The molecule has 156 valence electrons. The minimum atomic E-state index is -0.939. The minimum Gasteiger partial charge on any atom is -0.496 e. The smallest absolute Gasteiger partial charge is 0.168 e. The topological polar surface area (TPSA) is 65.0 Å². The zero-order chi connectivity index (χ0) is 20.9. The molecule has 2 aliphatic rings. The van der Waals surface area contributed by atoms with Gasteiger partial charge in [-0.1, -0.05) is 34.1 Å². The Bertz CT molecular complexity index is 780. The molecule has 1 fully saturated rings. The van der Waals surface area contributed by atoms with Crippen LogP contribution >= 0.6 is 0 Å². The summed E-state index contributed by atoms with van der Waals surface area (Å²) in [5.74, 6) is 1.71. The van der Waals surface area contributed by atoms with Crippen LogP contribution in [0, 0.1) is 11.3 Å². The van der Waals surface area contributed by atoms with Gasteiger partial charge in [0.1, 0.15) is 5.75 Å². The molecule has 0 spiro atoms. The Morgan fingerprint density at radius 2 is 1.61 bits per heavy atom. The van der Waals surface area contributed by atoms with E-state index < -0.39 is 5.60 Å². The highest BCUT2D eigenvalue weighted by Crippen LogP contribution is 2.56. The number of hydrogen-bond acceptors (Lipinski definition) is 5. The number of carbonyl (C=O) groups is 1. The standard InChI is InChI=1S/C23H34O5/c1-13(2)17-20(27-6)18-14(19(26-5)21(17)28-7)12-23(25)10-8-9-22(3,4)16(23)11-15(18)24/h13,16,25H,8-12H2,1-7H3/t16-,23-/m0/s1. The van der Waals surface area contributed by atoms with E-state index in [4.69, 9.17) is 14.2 Å². The Hall–Kier alpha value is -1.75. The zero-order valence-electron chi connectivity index (χ0n) is 18.3. The van der Waals surface area contributed by atoms with Gasteiger partial charge in [0, 0.05) is 29.9 Å². The molecule has 1 aromatic carbocycles. The molecule has 0 radical (unpaired) electrons. The van der Waals surface area contributed by atoms with Gasteiger partial charge in [-0.15, -0.1) is 0 Å². The van der Waals surface area contributed by atoms with Crippen LogP contribution in [0.2, 0.25) is 0 Å². The van der Waals surface area contributed by atoms with E-state index >= 15 is 0 Å². The van der Waals surface area contributed by atoms with E-state index in [-0.39, 0.29) is 23.0 Å². The molecule has 28 heavy (non-hydrogen) atoms. The maximum absolute atomic E-state index is 13.5. The predicted molar refractivity (Wildman–Crippen MR) is 109 cm³/mol. The van der Waals surface area contributed by atoms with Crippen molar-refractivity contribution in [2.75, 3.05) is 21.3 Å². The van der Waals surface area contributed by atoms with Crippen molar-refractivity contribution in [1.82, 2.24) is 0 Å². The molecule has 1 N–H and O–H groups in total. The molecule has 2 atom stereocenters. The summed E-state index contributed by atoms with van der Waals surface area (Å²) in [6.07, 6.45) is 3.34. The van der Waals surface area contributed by atoms with E-state index in [9.17, 15) is 9.90 Å². The van der Waals surface area contributed by atoms with Crippen LogP contribution in [0.3, 0.4) is 0 Å². The second-order valence-electron chi connectivity index (χ2n) is 9.32. The SMILES string of the molecule is COc1c2c(c(OC)c(C(C)C)c1OC)C(=O)C[C@H]1C(C)(C)CCC[C@]1(O)C2. The largest absolute Gasteiger partial charge is 0.496 e. The number of ether oxygens (including phenoxy) is 3. The van der Waals surface area contributed by atoms with Gasteiger partial charge in [-0.2, -0.15) is 0 Å². The number of fused-ring (bicyclic) bond motifs is 2. The van der Waals surface area contributed by atoms with E-state index in [0.29, 0.717) is 47.6 Å². The van der Waals surface area contributed by atoms with Crippen molar-refractivity contribution in [1.29, 1.82) is 0 Å². The van der Waals surface area contributed by atoms with Gasteiger partial charge in [-0.3, -0.25) is 4.79 Å². The average Bonchev–Trinajstić information content (AvgIpc) is 2.74. The molecule has 5 heteroatoms. The van der Waals surface area contributed by atoms with Crippen molar-refractivity contribution in [3.63, 3.8) is 0 Å². The maximum Gasteiger partial charge on any atom is 0.168 e. The molecular formula is C23H34O5. The number of aliphatic hydroxyl groups is 1. The normalized spacial score (nSPS) is 26.3. The minimum absolute atomic E-state index is 0.0191. The van der Waals surface area contributed by atoms with Gasteiger partial charge >= 0.3 is 0 Å². The summed E-state index contributed by atoms with van der Waals surface area (Å²) >= 11 is 0. The van der Waals surface area contributed by atoms with Crippen LogP contribution in [0.15, 0.2) is 0 Å². The first-order valence-electron chi connectivity index (χ1n) is 10.2. The highest BCUT2D eigenvalue weighted by atomic mass is 16.5. The van der Waals surface area contributed by atoms with Crippen molar-refractivity contribution in [3.8, 4) is 17.2 Å². The second kappa shape index (κ2) is 7.25.